The third-order valence-electron chi connectivity index (χ3n) is 4.29. The maximum Gasteiger partial charge on any atom is 0.123 e. The van der Waals surface area contributed by atoms with E-state index in [9.17, 15) is 4.39 Å². The molecule has 0 saturated heterocycles. The predicted molar refractivity (Wildman–Crippen MR) is 104 cm³/mol. The molecule has 128 valence electrons. The van der Waals surface area contributed by atoms with Crippen LogP contribution >= 0.6 is 0 Å². The molecule has 2 aromatic carbocycles. The van der Waals surface area contributed by atoms with Crippen molar-refractivity contribution in [2.45, 2.75) is 13.1 Å². The number of aliphatic imine (C=N–C) groups is 1. The van der Waals surface area contributed by atoms with E-state index in [0.29, 0.717) is 13.1 Å². The fourth-order valence-electron chi connectivity index (χ4n) is 2.95. The molecule has 3 aromatic rings. The molecule has 0 spiro atoms. The second-order valence-corrected chi connectivity index (χ2v) is 6.14. The second-order valence-electron chi connectivity index (χ2n) is 6.14. The van der Waals surface area contributed by atoms with Gasteiger partial charge in [0.25, 0.3) is 0 Å². The summed E-state index contributed by atoms with van der Waals surface area (Å²) in [7, 11) is 0. The molecule has 4 heteroatoms. The summed E-state index contributed by atoms with van der Waals surface area (Å²) in [6.07, 6.45) is 5.75. The summed E-state index contributed by atoms with van der Waals surface area (Å²) in [6, 6.07) is 18.7. The van der Waals surface area contributed by atoms with Crippen LogP contribution in [0.2, 0.25) is 0 Å². The normalized spacial score (nSPS) is 12.9. The lowest BCUT2D eigenvalue weighted by Gasteiger charge is -2.09. The zero-order valence-corrected chi connectivity index (χ0v) is 14.2. The first-order chi connectivity index (χ1) is 12.8. The number of nitrogens with one attached hydrogen (secondary N) is 1. The molecule has 0 amide bonds. The Kier molecular flexibility index (Phi) is 4.56. The predicted octanol–water partition coefficient (Wildman–Crippen LogP) is 4.85. The Morgan fingerprint density at radius 1 is 1.00 bits per heavy atom. The van der Waals surface area contributed by atoms with E-state index in [1.807, 2.05) is 42.5 Å². The van der Waals surface area contributed by atoms with Gasteiger partial charge in [-0.15, -0.1) is 0 Å². The van der Waals surface area contributed by atoms with Gasteiger partial charge in [-0.3, -0.25) is 9.98 Å². The minimum atomic E-state index is -0.215. The molecule has 1 aliphatic heterocycles. The van der Waals surface area contributed by atoms with Crippen LogP contribution in [-0.2, 0) is 13.1 Å². The van der Waals surface area contributed by atoms with E-state index in [2.05, 4.69) is 27.4 Å². The molecule has 0 unspecified atom stereocenters. The average Bonchev–Trinajstić information content (AvgIpc) is 3.08. The number of halogens is 1. The minimum absolute atomic E-state index is 0.215. The Balaban J connectivity index is 1.49. The fraction of sp³-hybridized carbons (Fsp3) is 0.0909. The SMILES string of the molecule is Fc1cccc(CNc2ccc3c(c2)C(/C=C/c2ccccn2)=NC3)c1. The Bertz CT molecular complexity index is 978. The van der Waals surface area contributed by atoms with Crippen LogP contribution in [0.1, 0.15) is 22.4 Å². The number of pyridine rings is 1. The van der Waals surface area contributed by atoms with Crippen LogP contribution in [0.15, 0.2) is 77.9 Å². The Labute approximate surface area is 152 Å². The van der Waals surface area contributed by atoms with Gasteiger partial charge in [-0.2, -0.15) is 0 Å². The Hall–Kier alpha value is -3.27. The van der Waals surface area contributed by atoms with Crippen LogP contribution < -0.4 is 5.32 Å². The van der Waals surface area contributed by atoms with Crippen LogP contribution in [-0.4, -0.2) is 10.7 Å². The van der Waals surface area contributed by atoms with Gasteiger partial charge in [0.15, 0.2) is 0 Å². The summed E-state index contributed by atoms with van der Waals surface area (Å²) in [6.45, 7) is 1.27. The Morgan fingerprint density at radius 3 is 2.81 bits per heavy atom. The summed E-state index contributed by atoms with van der Waals surface area (Å²) in [5.74, 6) is -0.215. The summed E-state index contributed by atoms with van der Waals surface area (Å²) in [4.78, 5) is 8.91. The van der Waals surface area contributed by atoms with Crippen molar-refractivity contribution in [3.05, 3.63) is 101 Å². The molecule has 0 saturated carbocycles. The number of anilines is 1. The van der Waals surface area contributed by atoms with Crippen LogP contribution in [0.4, 0.5) is 10.1 Å². The van der Waals surface area contributed by atoms with Crippen LogP contribution in [0, 0.1) is 5.82 Å². The summed E-state index contributed by atoms with van der Waals surface area (Å²) >= 11 is 0. The Morgan fingerprint density at radius 2 is 1.96 bits per heavy atom. The van der Waals surface area contributed by atoms with Gasteiger partial charge >= 0.3 is 0 Å². The lowest BCUT2D eigenvalue weighted by molar-refractivity contribution is 0.626. The number of aromatic nitrogens is 1. The van der Waals surface area contributed by atoms with E-state index in [4.69, 9.17) is 0 Å². The van der Waals surface area contributed by atoms with E-state index < -0.39 is 0 Å². The van der Waals surface area contributed by atoms with Gasteiger partial charge in [0.2, 0.25) is 0 Å². The van der Waals surface area contributed by atoms with Gasteiger partial charge in [-0.25, -0.2) is 4.39 Å². The van der Waals surface area contributed by atoms with Gasteiger partial charge < -0.3 is 5.32 Å². The zero-order valence-electron chi connectivity index (χ0n) is 14.2. The first kappa shape index (κ1) is 16.2. The summed E-state index contributed by atoms with van der Waals surface area (Å²) in [5, 5.41) is 3.35. The zero-order chi connectivity index (χ0) is 17.8. The molecule has 2 heterocycles. The highest BCUT2D eigenvalue weighted by Crippen LogP contribution is 2.24. The van der Waals surface area contributed by atoms with Gasteiger partial charge in [0.05, 0.1) is 18.0 Å². The third-order valence-corrected chi connectivity index (χ3v) is 4.29. The third kappa shape index (κ3) is 3.70. The molecule has 0 radical (unpaired) electrons. The van der Waals surface area contributed by atoms with Gasteiger partial charge in [0, 0.05) is 24.0 Å². The molecule has 1 aliphatic rings. The van der Waals surface area contributed by atoms with Crippen molar-refractivity contribution >= 4 is 17.5 Å². The number of fused-ring (bicyclic) bond motifs is 1. The second kappa shape index (κ2) is 7.31. The quantitative estimate of drug-likeness (QED) is 0.719. The van der Waals surface area contributed by atoms with Gasteiger partial charge in [-0.1, -0.05) is 24.3 Å². The average molecular weight is 343 g/mol. The number of benzene rings is 2. The van der Waals surface area contributed by atoms with Crippen molar-refractivity contribution in [3.63, 3.8) is 0 Å². The standard InChI is InChI=1S/C22H18FN3/c23-18-5-3-4-16(12-18)14-25-20-8-7-17-15-26-22(21(17)13-20)10-9-19-6-1-2-11-24-19/h1-13,25H,14-15H2/b10-9+. The van der Waals surface area contributed by atoms with Crippen molar-refractivity contribution in [3.8, 4) is 0 Å². The summed E-state index contributed by atoms with van der Waals surface area (Å²) < 4.78 is 13.3. The molecular weight excluding hydrogens is 325 g/mol. The summed E-state index contributed by atoms with van der Waals surface area (Å²) in [5.41, 5.74) is 6.11. The minimum Gasteiger partial charge on any atom is -0.381 e. The van der Waals surface area contributed by atoms with E-state index in [1.165, 1.54) is 11.6 Å². The first-order valence-electron chi connectivity index (χ1n) is 8.53. The molecule has 0 atom stereocenters. The highest BCUT2D eigenvalue weighted by molar-refractivity contribution is 6.13. The largest absolute Gasteiger partial charge is 0.381 e. The number of hydrogen-bond donors (Lipinski definition) is 1. The lowest BCUT2D eigenvalue weighted by atomic mass is 10.0. The van der Waals surface area contributed by atoms with Crippen molar-refractivity contribution in [2.24, 2.45) is 4.99 Å². The van der Waals surface area contributed by atoms with Gasteiger partial charge in [-0.05, 0) is 59.7 Å². The van der Waals surface area contributed by atoms with E-state index >= 15 is 0 Å². The molecule has 4 rings (SSSR count). The monoisotopic (exact) mass is 343 g/mol. The molecule has 3 nitrogen and oxygen atoms in total. The number of rotatable bonds is 5. The highest BCUT2D eigenvalue weighted by atomic mass is 19.1. The van der Waals surface area contributed by atoms with Crippen LogP contribution in [0.25, 0.3) is 6.08 Å². The molecule has 0 bridgehead atoms. The topological polar surface area (TPSA) is 37.3 Å². The van der Waals surface area contributed by atoms with Crippen molar-refractivity contribution in [1.29, 1.82) is 0 Å². The van der Waals surface area contributed by atoms with E-state index in [1.54, 1.807) is 18.3 Å². The van der Waals surface area contributed by atoms with Crippen molar-refractivity contribution in [1.82, 2.24) is 4.98 Å². The van der Waals surface area contributed by atoms with Gasteiger partial charge in [0.1, 0.15) is 5.82 Å². The van der Waals surface area contributed by atoms with E-state index in [-0.39, 0.29) is 5.82 Å². The van der Waals surface area contributed by atoms with Crippen LogP contribution in [0.3, 0.4) is 0 Å². The first-order valence-corrected chi connectivity index (χ1v) is 8.53. The lowest BCUT2D eigenvalue weighted by Crippen LogP contribution is -2.02. The highest BCUT2D eigenvalue weighted by Gasteiger charge is 2.14. The number of allylic oxidation sites excluding steroid dienone is 1. The number of nitrogens with zero attached hydrogens (tertiary/aromatic N) is 2. The maximum atomic E-state index is 13.3. The molecule has 0 aliphatic carbocycles. The molecule has 0 fully saturated rings. The molecule has 26 heavy (non-hydrogen) atoms. The molecule has 1 aromatic heterocycles. The number of hydrogen-bond acceptors (Lipinski definition) is 3. The fourth-order valence-corrected chi connectivity index (χ4v) is 2.95. The maximum absolute atomic E-state index is 13.3. The van der Waals surface area contributed by atoms with E-state index in [0.717, 1.165) is 28.2 Å². The molecular formula is C22H18FN3. The van der Waals surface area contributed by atoms with Crippen molar-refractivity contribution in [2.75, 3.05) is 5.32 Å². The van der Waals surface area contributed by atoms with Crippen molar-refractivity contribution < 1.29 is 4.39 Å². The smallest absolute Gasteiger partial charge is 0.123 e. The molecule has 1 N–H and O–H groups in total. The van der Waals surface area contributed by atoms with Crippen LogP contribution in [0.5, 0.6) is 0 Å².